The monoisotopic (exact) mass is 362 g/mol. The number of nitrogens with one attached hydrogen (secondary N) is 1. The maximum absolute atomic E-state index is 12.7. The first kappa shape index (κ1) is 17.7. The molecular weight excluding hydrogens is 340 g/mol. The molecule has 3 rings (SSSR count). The van der Waals surface area contributed by atoms with Gasteiger partial charge in [0.05, 0.1) is 0 Å². The van der Waals surface area contributed by atoms with Crippen LogP contribution in [-0.2, 0) is 4.79 Å². The molecule has 0 atom stereocenters. The van der Waals surface area contributed by atoms with E-state index in [-0.39, 0.29) is 5.91 Å². The van der Waals surface area contributed by atoms with E-state index in [1.54, 1.807) is 4.90 Å². The molecule has 1 fully saturated rings. The molecule has 0 aromatic heterocycles. The Labute approximate surface area is 152 Å². The molecule has 134 valence electrons. The molecule has 0 saturated carbocycles. The second-order valence-electron chi connectivity index (χ2n) is 6.55. The molecule has 0 bridgehead atoms. The zero-order valence-corrected chi connectivity index (χ0v) is 15.3. The maximum atomic E-state index is 12.7. The molecule has 0 spiro atoms. The Kier molecular flexibility index (Phi) is 4.99. The van der Waals surface area contributed by atoms with Crippen LogP contribution < -0.4 is 10.2 Å². The number of carbonyl (C=O) groups excluding carboxylic acids is 2. The highest BCUT2D eigenvalue weighted by Crippen LogP contribution is 2.38. The van der Waals surface area contributed by atoms with Crippen molar-refractivity contribution in [2.75, 3.05) is 18.2 Å². The molecule has 1 saturated heterocycles. The van der Waals surface area contributed by atoms with Gasteiger partial charge in [0.25, 0.3) is 0 Å². The van der Waals surface area contributed by atoms with Crippen LogP contribution in [-0.4, -0.2) is 36.0 Å². The zero-order chi connectivity index (χ0) is 18.0. The number of carbonyl (C=O) groups is 2. The number of imide groups is 1. The molecule has 2 heterocycles. The summed E-state index contributed by atoms with van der Waals surface area (Å²) in [4.78, 5) is 33.4. The lowest BCUT2D eigenvalue weighted by molar-refractivity contribution is -0.128. The van der Waals surface area contributed by atoms with E-state index < -0.39 is 11.4 Å². The summed E-state index contributed by atoms with van der Waals surface area (Å²) < 4.78 is 0. The second-order valence-corrected chi connectivity index (χ2v) is 6.99. The summed E-state index contributed by atoms with van der Waals surface area (Å²) in [6, 6.07) is 7.04. The van der Waals surface area contributed by atoms with Gasteiger partial charge in [-0.25, -0.2) is 9.79 Å². The topological polar surface area (TPSA) is 65.0 Å². The molecule has 0 radical (unpaired) electrons. The van der Waals surface area contributed by atoms with Crippen LogP contribution in [0.15, 0.2) is 29.3 Å². The van der Waals surface area contributed by atoms with Gasteiger partial charge in [-0.1, -0.05) is 38.3 Å². The number of hydrogen-bond donors (Lipinski definition) is 1. The number of aliphatic imine (C=N–C) groups is 1. The largest absolute Gasteiger partial charge is 0.334 e. The van der Waals surface area contributed by atoms with Gasteiger partial charge in [-0.15, -0.1) is 0 Å². The smallest absolute Gasteiger partial charge is 0.331 e. The Morgan fingerprint density at radius 2 is 1.80 bits per heavy atom. The number of rotatable bonds is 5. The van der Waals surface area contributed by atoms with E-state index >= 15 is 0 Å². The molecule has 2 aliphatic heterocycles. The predicted octanol–water partition coefficient (Wildman–Crippen LogP) is 3.61. The predicted molar refractivity (Wildman–Crippen MR) is 98.7 cm³/mol. The van der Waals surface area contributed by atoms with Crippen LogP contribution in [0.25, 0.3) is 0 Å². The van der Waals surface area contributed by atoms with E-state index in [0.717, 1.165) is 18.5 Å². The van der Waals surface area contributed by atoms with Gasteiger partial charge in [0.1, 0.15) is 24.6 Å². The summed E-state index contributed by atoms with van der Waals surface area (Å²) >= 11 is 5.95. The molecule has 2 aliphatic rings. The number of hydrogen-bond acceptors (Lipinski definition) is 4. The van der Waals surface area contributed by atoms with Crippen molar-refractivity contribution < 1.29 is 9.59 Å². The molecule has 6 nitrogen and oxygen atoms in total. The minimum Gasteiger partial charge on any atom is -0.334 e. The Morgan fingerprint density at radius 1 is 1.16 bits per heavy atom. The maximum Gasteiger partial charge on any atom is 0.331 e. The first-order chi connectivity index (χ1) is 12.0. The van der Waals surface area contributed by atoms with Crippen molar-refractivity contribution in [2.45, 2.75) is 39.5 Å². The molecule has 0 aliphatic carbocycles. The van der Waals surface area contributed by atoms with Gasteiger partial charge in [0.2, 0.25) is 5.91 Å². The van der Waals surface area contributed by atoms with Crippen molar-refractivity contribution in [1.82, 2.24) is 10.2 Å². The summed E-state index contributed by atoms with van der Waals surface area (Å²) in [5.41, 5.74) is 0.234. The van der Waals surface area contributed by atoms with E-state index in [9.17, 15) is 9.59 Å². The van der Waals surface area contributed by atoms with Crippen LogP contribution >= 0.6 is 11.6 Å². The summed E-state index contributed by atoms with van der Waals surface area (Å²) in [5.74, 6) is 0.409. The first-order valence-electron chi connectivity index (χ1n) is 8.70. The van der Waals surface area contributed by atoms with Crippen molar-refractivity contribution in [3.8, 4) is 0 Å². The highest BCUT2D eigenvalue weighted by atomic mass is 35.5. The molecule has 0 unspecified atom stereocenters. The lowest BCUT2D eigenvalue weighted by Crippen LogP contribution is -2.67. The van der Waals surface area contributed by atoms with Crippen LogP contribution in [0.3, 0.4) is 0 Å². The van der Waals surface area contributed by atoms with E-state index in [0.29, 0.717) is 37.0 Å². The number of anilines is 1. The summed E-state index contributed by atoms with van der Waals surface area (Å²) in [5, 5.41) is 3.20. The zero-order valence-electron chi connectivity index (χ0n) is 14.6. The quantitative estimate of drug-likeness (QED) is 0.870. The average molecular weight is 363 g/mol. The minimum atomic E-state index is -0.705. The second kappa shape index (κ2) is 7.04. The molecule has 7 heteroatoms. The number of amidine groups is 1. The van der Waals surface area contributed by atoms with Gasteiger partial charge in [0.15, 0.2) is 0 Å². The van der Waals surface area contributed by atoms with Crippen LogP contribution in [0.4, 0.5) is 10.5 Å². The van der Waals surface area contributed by atoms with Crippen LogP contribution in [0.5, 0.6) is 0 Å². The molecule has 1 aromatic rings. The van der Waals surface area contributed by atoms with Crippen molar-refractivity contribution in [3.05, 3.63) is 29.3 Å². The lowest BCUT2D eigenvalue weighted by atomic mass is 9.75. The summed E-state index contributed by atoms with van der Waals surface area (Å²) in [6.07, 6.45) is 3.09. The van der Waals surface area contributed by atoms with E-state index in [1.807, 2.05) is 29.2 Å². The fraction of sp³-hybridized carbons (Fsp3) is 0.500. The normalized spacial score (nSPS) is 19.4. The number of benzene rings is 1. The molecule has 3 amide bonds. The van der Waals surface area contributed by atoms with Crippen LogP contribution in [0.1, 0.15) is 39.5 Å². The van der Waals surface area contributed by atoms with Gasteiger partial charge in [-0.2, -0.15) is 0 Å². The highest BCUT2D eigenvalue weighted by molar-refractivity contribution is 6.30. The van der Waals surface area contributed by atoms with Crippen molar-refractivity contribution >= 4 is 35.1 Å². The number of urea groups is 1. The van der Waals surface area contributed by atoms with Crippen molar-refractivity contribution in [2.24, 2.45) is 10.4 Å². The highest BCUT2D eigenvalue weighted by Gasteiger charge is 2.51. The lowest BCUT2D eigenvalue weighted by Gasteiger charge is -2.46. The third kappa shape index (κ3) is 3.11. The van der Waals surface area contributed by atoms with E-state index in [4.69, 9.17) is 11.6 Å². The van der Waals surface area contributed by atoms with Crippen LogP contribution in [0, 0.1) is 5.41 Å². The van der Waals surface area contributed by atoms with Gasteiger partial charge in [-0.05, 0) is 37.1 Å². The number of halogens is 1. The number of amides is 3. The Hall–Kier alpha value is -2.08. The first-order valence-corrected chi connectivity index (χ1v) is 9.08. The number of nitrogens with zero attached hydrogens (tertiary/aromatic N) is 3. The Bertz CT molecular complexity index is 696. The molecular formula is C18H23ClN4O2. The summed E-state index contributed by atoms with van der Waals surface area (Å²) in [7, 11) is 0. The Balaban J connectivity index is 1.96. The summed E-state index contributed by atoms with van der Waals surface area (Å²) in [6.45, 7) is 4.89. The van der Waals surface area contributed by atoms with Gasteiger partial charge < -0.3 is 4.90 Å². The van der Waals surface area contributed by atoms with Gasteiger partial charge >= 0.3 is 6.03 Å². The molecule has 1 aromatic carbocycles. The van der Waals surface area contributed by atoms with Crippen LogP contribution in [0.2, 0.25) is 5.02 Å². The minimum absolute atomic E-state index is 0.212. The molecule has 1 N–H and O–H groups in total. The SMILES string of the molecule is CCCC1(CCC)C(=O)NC(=O)N2CN(c3ccc(Cl)cc3)CN=C21. The average Bonchev–Trinajstić information content (AvgIpc) is 2.60. The van der Waals surface area contributed by atoms with Gasteiger partial charge in [-0.3, -0.25) is 15.0 Å². The third-order valence-electron chi connectivity index (χ3n) is 4.83. The fourth-order valence-corrected chi connectivity index (χ4v) is 3.85. The third-order valence-corrected chi connectivity index (χ3v) is 5.08. The van der Waals surface area contributed by atoms with Crippen molar-refractivity contribution in [3.63, 3.8) is 0 Å². The van der Waals surface area contributed by atoms with Crippen molar-refractivity contribution in [1.29, 1.82) is 0 Å². The number of fused-ring (bicyclic) bond motifs is 1. The fourth-order valence-electron chi connectivity index (χ4n) is 3.72. The van der Waals surface area contributed by atoms with Gasteiger partial charge in [0, 0.05) is 10.7 Å². The van der Waals surface area contributed by atoms with E-state index in [2.05, 4.69) is 24.2 Å². The standard InChI is InChI=1S/C18H23ClN4O2/c1-3-9-18(10-4-2)15-20-11-22(14-7-5-13(19)6-8-14)12-23(15)17(25)21-16(18)24/h5-8H,3-4,9-12H2,1-2H3,(H,21,24,25). The Morgan fingerprint density at radius 3 is 2.40 bits per heavy atom. The van der Waals surface area contributed by atoms with E-state index in [1.165, 1.54) is 0 Å². The molecule has 25 heavy (non-hydrogen) atoms.